The van der Waals surface area contributed by atoms with E-state index >= 15 is 0 Å². The highest BCUT2D eigenvalue weighted by Crippen LogP contribution is 2.30. The fourth-order valence-electron chi connectivity index (χ4n) is 2.95. The van der Waals surface area contributed by atoms with Gasteiger partial charge in [-0.25, -0.2) is 4.79 Å². The van der Waals surface area contributed by atoms with Crippen LogP contribution in [0, 0.1) is 5.92 Å². The van der Waals surface area contributed by atoms with E-state index in [2.05, 4.69) is 10.1 Å². The highest BCUT2D eigenvalue weighted by molar-refractivity contribution is 6.18. The molecule has 0 radical (unpaired) electrons. The highest BCUT2D eigenvalue weighted by atomic mass is 16.7. The van der Waals surface area contributed by atoms with Crippen LogP contribution in [0.15, 0.2) is 60.1 Å². The summed E-state index contributed by atoms with van der Waals surface area (Å²) in [6.07, 6.45) is 5.53. The number of nitrogens with zero attached hydrogens (tertiary/aromatic N) is 2. The van der Waals surface area contributed by atoms with Crippen LogP contribution in [-0.4, -0.2) is 35.2 Å². The fraction of sp³-hybridized carbons (Fsp3) is 0.375. The molecule has 164 valence electrons. The van der Waals surface area contributed by atoms with Crippen molar-refractivity contribution in [2.24, 2.45) is 11.1 Å². The van der Waals surface area contributed by atoms with Crippen molar-refractivity contribution in [2.75, 3.05) is 13.2 Å². The van der Waals surface area contributed by atoms with Crippen molar-refractivity contribution >= 4 is 17.4 Å². The number of carboxylic acid groups (broad SMARTS) is 1. The Kier molecular flexibility index (Phi) is 8.04. The third-order valence-electron chi connectivity index (χ3n) is 4.85. The first-order chi connectivity index (χ1) is 15.1. The minimum absolute atomic E-state index is 0.0249. The van der Waals surface area contributed by atoms with Crippen LogP contribution in [0.5, 0.6) is 0 Å². The van der Waals surface area contributed by atoms with Crippen molar-refractivity contribution < 1.29 is 24.2 Å². The quantitative estimate of drug-likeness (QED) is 0.183. The summed E-state index contributed by atoms with van der Waals surface area (Å²) >= 11 is 0. The van der Waals surface area contributed by atoms with Crippen molar-refractivity contribution in [3.8, 4) is 0 Å². The largest absolute Gasteiger partial charge is 0.501 e. The summed E-state index contributed by atoms with van der Waals surface area (Å²) in [4.78, 5) is 22.1. The van der Waals surface area contributed by atoms with E-state index in [0.717, 1.165) is 18.5 Å². The number of benzene rings is 1. The molecule has 31 heavy (non-hydrogen) atoms. The molecule has 0 spiro atoms. The van der Waals surface area contributed by atoms with Crippen LogP contribution in [0.2, 0.25) is 0 Å². The Bertz CT molecular complexity index is 923. The van der Waals surface area contributed by atoms with Gasteiger partial charge in [-0.05, 0) is 55.5 Å². The van der Waals surface area contributed by atoms with E-state index < -0.39 is 5.97 Å². The molecule has 1 heterocycles. The monoisotopic (exact) mass is 424 g/mol. The predicted octanol–water partition coefficient (Wildman–Crippen LogP) is 4.80. The molecule has 1 N–H and O–H groups in total. The highest BCUT2D eigenvalue weighted by Gasteiger charge is 2.25. The summed E-state index contributed by atoms with van der Waals surface area (Å²) in [5, 5.41) is 14.0. The Morgan fingerprint density at radius 1 is 1.19 bits per heavy atom. The lowest BCUT2D eigenvalue weighted by atomic mass is 10.0. The Hall–Kier alpha value is -3.35. The second-order valence-electron chi connectivity index (χ2n) is 7.25. The molecule has 0 aliphatic heterocycles. The number of carboxylic acids is 1. The first kappa shape index (κ1) is 22.3. The molecule has 0 saturated heterocycles. The maximum atomic E-state index is 11.9. The first-order valence-electron chi connectivity index (χ1n) is 10.6. The van der Waals surface area contributed by atoms with E-state index in [1.165, 1.54) is 6.26 Å². The average Bonchev–Trinajstić information content (AvgIpc) is 3.62. The molecule has 1 aromatic carbocycles. The zero-order valence-electron chi connectivity index (χ0n) is 17.9. The molecule has 7 nitrogen and oxygen atoms in total. The molecular weight excluding hydrogens is 396 g/mol. The zero-order chi connectivity index (χ0) is 22.1. The Balaban J connectivity index is 1.94. The third kappa shape index (κ3) is 6.31. The lowest BCUT2D eigenvalue weighted by Gasteiger charge is -2.16. The Morgan fingerprint density at radius 3 is 2.55 bits per heavy atom. The van der Waals surface area contributed by atoms with Gasteiger partial charge in [0.2, 0.25) is 0 Å². The van der Waals surface area contributed by atoms with E-state index in [0.29, 0.717) is 36.7 Å². The smallest absolute Gasteiger partial charge is 0.339 e. The molecule has 0 amide bonds. The van der Waals surface area contributed by atoms with Gasteiger partial charge in [-0.1, -0.05) is 31.2 Å². The van der Waals surface area contributed by atoms with Crippen LogP contribution in [-0.2, 0) is 19.1 Å². The van der Waals surface area contributed by atoms with Crippen molar-refractivity contribution in [1.82, 2.24) is 4.98 Å². The predicted molar refractivity (Wildman–Crippen MR) is 117 cm³/mol. The Morgan fingerprint density at radius 2 is 1.94 bits per heavy atom. The van der Waals surface area contributed by atoms with Crippen molar-refractivity contribution in [3.63, 3.8) is 0 Å². The molecule has 1 fully saturated rings. The number of oxime groups is 1. The number of carbonyl (C=O) groups is 1. The fourth-order valence-corrected chi connectivity index (χ4v) is 2.95. The standard InChI is InChI=1S/C24H28N2O5/c1-3-22(21-11-7-8-14-25-21)31-26-23(30-15-17-12-13-17)19-10-6-5-9-18(19)20(24(27)28)16-29-4-2/h5-11,14,16-17,22H,3-4,12-13,15H2,1-2H3,(H,27,28). The van der Waals surface area contributed by atoms with Crippen LogP contribution in [0.4, 0.5) is 0 Å². The van der Waals surface area contributed by atoms with Gasteiger partial charge in [-0.15, -0.1) is 0 Å². The van der Waals surface area contributed by atoms with Crippen LogP contribution in [0.3, 0.4) is 0 Å². The van der Waals surface area contributed by atoms with Crippen molar-refractivity contribution in [2.45, 2.75) is 39.2 Å². The van der Waals surface area contributed by atoms with Crippen LogP contribution >= 0.6 is 0 Å². The molecule has 1 aromatic heterocycles. The molecule has 0 bridgehead atoms. The summed E-state index contributed by atoms with van der Waals surface area (Å²) in [7, 11) is 0. The Labute approximate surface area is 182 Å². The van der Waals surface area contributed by atoms with Gasteiger partial charge in [0.25, 0.3) is 5.90 Å². The normalized spacial score (nSPS) is 15.3. The van der Waals surface area contributed by atoms with Crippen LogP contribution < -0.4 is 0 Å². The molecule has 1 aliphatic rings. The lowest BCUT2D eigenvalue weighted by Crippen LogP contribution is -2.15. The summed E-state index contributed by atoms with van der Waals surface area (Å²) in [5.74, 6) is -0.350. The summed E-state index contributed by atoms with van der Waals surface area (Å²) in [5.41, 5.74) is 1.78. The molecule has 1 unspecified atom stereocenters. The molecule has 2 aromatic rings. The van der Waals surface area contributed by atoms with Gasteiger partial charge < -0.3 is 19.4 Å². The van der Waals surface area contributed by atoms with Crippen molar-refractivity contribution in [3.05, 3.63) is 71.7 Å². The summed E-state index contributed by atoms with van der Waals surface area (Å²) < 4.78 is 11.3. The number of rotatable bonds is 11. The number of aliphatic carboxylic acids is 1. The van der Waals surface area contributed by atoms with Crippen LogP contribution in [0.1, 0.15) is 56.0 Å². The van der Waals surface area contributed by atoms with E-state index in [-0.39, 0.29) is 17.6 Å². The first-order valence-corrected chi connectivity index (χ1v) is 10.6. The number of pyridine rings is 1. The minimum Gasteiger partial charge on any atom is -0.501 e. The SMILES string of the molecule is CCOC=C(C(=O)O)c1ccccc1C(=NOC(CC)c1ccccn1)OCC1CC1. The van der Waals surface area contributed by atoms with Gasteiger partial charge in [0.15, 0.2) is 6.10 Å². The number of hydrogen-bond acceptors (Lipinski definition) is 6. The minimum atomic E-state index is -1.09. The van der Waals surface area contributed by atoms with E-state index in [1.807, 2.05) is 31.2 Å². The number of aromatic nitrogens is 1. The maximum absolute atomic E-state index is 11.9. The molecular formula is C24H28N2O5. The summed E-state index contributed by atoms with van der Waals surface area (Å²) in [6, 6.07) is 12.7. The zero-order valence-corrected chi connectivity index (χ0v) is 17.9. The second kappa shape index (κ2) is 11.2. The maximum Gasteiger partial charge on any atom is 0.339 e. The van der Waals surface area contributed by atoms with E-state index in [9.17, 15) is 9.90 Å². The lowest BCUT2D eigenvalue weighted by molar-refractivity contribution is -0.130. The molecule has 1 atom stereocenters. The van der Waals surface area contributed by atoms with Gasteiger partial charge in [-0.2, -0.15) is 0 Å². The molecule has 7 heteroatoms. The average molecular weight is 424 g/mol. The van der Waals surface area contributed by atoms with Gasteiger partial charge in [-0.3, -0.25) is 4.98 Å². The second-order valence-corrected chi connectivity index (χ2v) is 7.25. The van der Waals surface area contributed by atoms with Gasteiger partial charge in [0, 0.05) is 17.3 Å². The van der Waals surface area contributed by atoms with Crippen LogP contribution in [0.25, 0.3) is 5.57 Å². The number of hydrogen-bond donors (Lipinski definition) is 1. The van der Waals surface area contributed by atoms with Crippen molar-refractivity contribution in [1.29, 1.82) is 0 Å². The molecule has 1 aliphatic carbocycles. The van der Waals surface area contributed by atoms with Gasteiger partial charge in [0.05, 0.1) is 25.2 Å². The van der Waals surface area contributed by atoms with Gasteiger partial charge in [0.1, 0.15) is 5.57 Å². The molecule has 3 rings (SSSR count). The number of ether oxygens (including phenoxy) is 2. The molecule has 1 saturated carbocycles. The summed E-state index contributed by atoms with van der Waals surface area (Å²) in [6.45, 7) is 4.66. The van der Waals surface area contributed by atoms with E-state index in [4.69, 9.17) is 14.3 Å². The third-order valence-corrected chi connectivity index (χ3v) is 4.85. The van der Waals surface area contributed by atoms with E-state index in [1.54, 1.807) is 31.3 Å². The van der Waals surface area contributed by atoms with Gasteiger partial charge >= 0.3 is 5.97 Å². The topological polar surface area (TPSA) is 90.2 Å².